The normalized spacial score (nSPS) is 30.6. The van der Waals surface area contributed by atoms with Gasteiger partial charge in [-0.05, 0) is 18.8 Å². The van der Waals surface area contributed by atoms with E-state index in [2.05, 4.69) is 20.2 Å². The van der Waals surface area contributed by atoms with Crippen LogP contribution in [0.15, 0.2) is 6.20 Å². The highest BCUT2D eigenvalue weighted by Crippen LogP contribution is 2.40. The summed E-state index contributed by atoms with van der Waals surface area (Å²) in [5.41, 5.74) is 0. The fourth-order valence-electron chi connectivity index (χ4n) is 3.11. The van der Waals surface area contributed by atoms with E-state index in [4.69, 9.17) is 11.6 Å². The van der Waals surface area contributed by atoms with Gasteiger partial charge >= 0.3 is 0 Å². The fourth-order valence-corrected chi connectivity index (χ4v) is 3.32. The van der Waals surface area contributed by atoms with Gasteiger partial charge in [-0.2, -0.15) is 4.98 Å². The lowest BCUT2D eigenvalue weighted by Crippen LogP contribution is -2.25. The molecule has 2 N–H and O–H groups in total. The van der Waals surface area contributed by atoms with Crippen LogP contribution in [0, 0.1) is 11.8 Å². The summed E-state index contributed by atoms with van der Waals surface area (Å²) in [7, 11) is 1.79. The number of aliphatic hydroxyl groups excluding tert-OH is 1. The van der Waals surface area contributed by atoms with Crippen molar-refractivity contribution in [3.8, 4) is 0 Å². The van der Waals surface area contributed by atoms with Crippen molar-refractivity contribution in [3.05, 3.63) is 11.2 Å². The SMILES string of the molecule is CNc1ncc(Cl)c(N2CC3CCC(O)C3C2)n1. The Balaban J connectivity index is 1.84. The molecule has 5 nitrogen and oxygen atoms in total. The summed E-state index contributed by atoms with van der Waals surface area (Å²) in [5.74, 6) is 2.29. The number of hydrogen-bond acceptors (Lipinski definition) is 5. The number of nitrogens with one attached hydrogen (secondary N) is 1. The molecule has 6 heteroatoms. The van der Waals surface area contributed by atoms with Crippen LogP contribution in [-0.4, -0.2) is 41.3 Å². The van der Waals surface area contributed by atoms with E-state index >= 15 is 0 Å². The molecule has 1 aromatic heterocycles. The summed E-state index contributed by atoms with van der Waals surface area (Å²) in [6.45, 7) is 1.77. The van der Waals surface area contributed by atoms with Crippen molar-refractivity contribution in [2.45, 2.75) is 18.9 Å². The minimum absolute atomic E-state index is 0.163. The molecule has 18 heavy (non-hydrogen) atoms. The first-order chi connectivity index (χ1) is 8.69. The summed E-state index contributed by atoms with van der Waals surface area (Å²) in [4.78, 5) is 10.7. The van der Waals surface area contributed by atoms with Crippen molar-refractivity contribution in [2.24, 2.45) is 11.8 Å². The van der Waals surface area contributed by atoms with Crippen molar-refractivity contribution in [1.82, 2.24) is 9.97 Å². The number of anilines is 2. The molecule has 0 radical (unpaired) electrons. The first kappa shape index (κ1) is 12.0. The van der Waals surface area contributed by atoms with E-state index in [-0.39, 0.29) is 6.10 Å². The summed E-state index contributed by atoms with van der Waals surface area (Å²) in [6.07, 6.45) is 3.50. The quantitative estimate of drug-likeness (QED) is 0.849. The van der Waals surface area contributed by atoms with Crippen LogP contribution in [0.2, 0.25) is 5.02 Å². The molecule has 0 spiro atoms. The molecule has 0 bridgehead atoms. The van der Waals surface area contributed by atoms with Crippen molar-refractivity contribution in [1.29, 1.82) is 0 Å². The Kier molecular flexibility index (Phi) is 3.03. The Morgan fingerprint density at radius 3 is 3.00 bits per heavy atom. The second-order valence-electron chi connectivity index (χ2n) is 5.09. The summed E-state index contributed by atoms with van der Waals surface area (Å²) in [6, 6.07) is 0. The molecule has 1 saturated carbocycles. The average Bonchev–Trinajstić information content (AvgIpc) is 2.93. The Morgan fingerprint density at radius 1 is 1.44 bits per heavy atom. The van der Waals surface area contributed by atoms with Crippen LogP contribution in [0.4, 0.5) is 11.8 Å². The van der Waals surface area contributed by atoms with E-state index in [9.17, 15) is 5.11 Å². The maximum absolute atomic E-state index is 9.93. The smallest absolute Gasteiger partial charge is 0.224 e. The Hall–Kier alpha value is -1.07. The van der Waals surface area contributed by atoms with Gasteiger partial charge in [0.25, 0.3) is 0 Å². The van der Waals surface area contributed by atoms with Crippen LogP contribution in [0.3, 0.4) is 0 Å². The van der Waals surface area contributed by atoms with Crippen molar-refractivity contribution in [2.75, 3.05) is 30.4 Å². The second kappa shape index (κ2) is 4.55. The number of halogens is 1. The first-order valence-electron chi connectivity index (χ1n) is 6.32. The van der Waals surface area contributed by atoms with Crippen molar-refractivity contribution in [3.63, 3.8) is 0 Å². The predicted molar refractivity (Wildman–Crippen MR) is 71.0 cm³/mol. The summed E-state index contributed by atoms with van der Waals surface area (Å²) >= 11 is 6.17. The van der Waals surface area contributed by atoms with E-state index in [0.717, 1.165) is 31.7 Å². The van der Waals surface area contributed by atoms with Gasteiger partial charge in [-0.1, -0.05) is 11.6 Å². The van der Waals surface area contributed by atoms with Gasteiger partial charge in [0.05, 0.1) is 12.3 Å². The molecular formula is C12H17ClN4O. The van der Waals surface area contributed by atoms with Crippen LogP contribution in [0.5, 0.6) is 0 Å². The number of nitrogens with zero attached hydrogens (tertiary/aromatic N) is 3. The van der Waals surface area contributed by atoms with Gasteiger partial charge in [-0.15, -0.1) is 0 Å². The maximum atomic E-state index is 9.93. The van der Waals surface area contributed by atoms with Crippen LogP contribution in [0.25, 0.3) is 0 Å². The van der Waals surface area contributed by atoms with E-state index in [1.165, 1.54) is 0 Å². The molecule has 98 valence electrons. The molecular weight excluding hydrogens is 252 g/mol. The number of rotatable bonds is 2. The van der Waals surface area contributed by atoms with Gasteiger partial charge in [0.15, 0.2) is 5.82 Å². The molecule has 3 atom stereocenters. The lowest BCUT2D eigenvalue weighted by atomic mass is 10.00. The maximum Gasteiger partial charge on any atom is 0.224 e. The lowest BCUT2D eigenvalue weighted by Gasteiger charge is -2.20. The van der Waals surface area contributed by atoms with Gasteiger partial charge in [0, 0.05) is 26.1 Å². The molecule has 3 unspecified atom stereocenters. The van der Waals surface area contributed by atoms with Gasteiger partial charge in [0.1, 0.15) is 5.02 Å². The summed E-state index contributed by atoms with van der Waals surface area (Å²) < 4.78 is 0. The molecule has 0 amide bonds. The van der Waals surface area contributed by atoms with Gasteiger partial charge in [0.2, 0.25) is 5.95 Å². The van der Waals surface area contributed by atoms with Crippen LogP contribution in [-0.2, 0) is 0 Å². The molecule has 2 aliphatic rings. The van der Waals surface area contributed by atoms with Crippen molar-refractivity contribution < 1.29 is 5.11 Å². The highest BCUT2D eigenvalue weighted by atomic mass is 35.5. The van der Waals surface area contributed by atoms with Crippen LogP contribution in [0.1, 0.15) is 12.8 Å². The fraction of sp³-hybridized carbons (Fsp3) is 0.667. The molecule has 2 heterocycles. The predicted octanol–water partition coefficient (Wildman–Crippen LogP) is 1.38. The van der Waals surface area contributed by atoms with Gasteiger partial charge in [-0.25, -0.2) is 4.98 Å². The molecule has 1 saturated heterocycles. The number of aliphatic hydroxyl groups is 1. The van der Waals surface area contributed by atoms with Gasteiger partial charge in [-0.3, -0.25) is 0 Å². The Bertz CT molecular complexity index is 456. The highest BCUT2D eigenvalue weighted by Gasteiger charge is 2.42. The zero-order valence-electron chi connectivity index (χ0n) is 10.3. The minimum atomic E-state index is -0.163. The van der Waals surface area contributed by atoms with E-state index < -0.39 is 0 Å². The molecule has 1 aliphatic carbocycles. The number of hydrogen-bond donors (Lipinski definition) is 2. The Morgan fingerprint density at radius 2 is 2.28 bits per heavy atom. The third-order valence-corrected chi connectivity index (χ3v) is 4.33. The highest BCUT2D eigenvalue weighted by molar-refractivity contribution is 6.32. The van der Waals surface area contributed by atoms with Gasteiger partial charge < -0.3 is 15.3 Å². The number of fused-ring (bicyclic) bond motifs is 1. The zero-order chi connectivity index (χ0) is 12.7. The number of aromatic nitrogens is 2. The molecule has 0 aromatic carbocycles. The first-order valence-corrected chi connectivity index (χ1v) is 6.70. The average molecular weight is 269 g/mol. The van der Waals surface area contributed by atoms with Crippen molar-refractivity contribution >= 4 is 23.4 Å². The van der Waals surface area contributed by atoms with Crippen LogP contribution >= 0.6 is 11.6 Å². The molecule has 3 rings (SSSR count). The standard InChI is InChI=1S/C12H17ClN4O/c1-14-12-15-4-9(13)11(16-12)17-5-7-2-3-10(18)8(7)6-17/h4,7-8,10,18H,2-3,5-6H2,1H3,(H,14,15,16). The monoisotopic (exact) mass is 268 g/mol. The topological polar surface area (TPSA) is 61.3 Å². The van der Waals surface area contributed by atoms with E-state index in [0.29, 0.717) is 22.8 Å². The minimum Gasteiger partial charge on any atom is -0.393 e. The van der Waals surface area contributed by atoms with E-state index in [1.54, 1.807) is 13.2 Å². The van der Waals surface area contributed by atoms with Crippen LogP contribution < -0.4 is 10.2 Å². The molecule has 2 fully saturated rings. The largest absolute Gasteiger partial charge is 0.393 e. The summed E-state index contributed by atoms with van der Waals surface area (Å²) in [5, 5.41) is 13.4. The van der Waals surface area contributed by atoms with E-state index in [1.807, 2.05) is 0 Å². The molecule has 1 aliphatic heterocycles. The second-order valence-corrected chi connectivity index (χ2v) is 5.50. The zero-order valence-corrected chi connectivity index (χ0v) is 11.1. The Labute approximate surface area is 111 Å². The lowest BCUT2D eigenvalue weighted by molar-refractivity contribution is 0.133. The third kappa shape index (κ3) is 1.91. The molecule has 1 aromatic rings. The third-order valence-electron chi connectivity index (χ3n) is 4.07.